The largest absolute Gasteiger partial charge is 0.369 e. The third-order valence-electron chi connectivity index (χ3n) is 0.873. The summed E-state index contributed by atoms with van der Waals surface area (Å²) in [6.45, 7) is 5.81. The number of carbonyl (C=O) groups excluding carboxylic acids is 1. The van der Waals surface area contributed by atoms with E-state index in [-0.39, 0.29) is 12.4 Å². The van der Waals surface area contributed by atoms with Gasteiger partial charge in [-0.3, -0.25) is 4.79 Å². The first kappa shape index (κ1) is 9.93. The summed E-state index contributed by atoms with van der Waals surface area (Å²) >= 11 is 0. The van der Waals surface area contributed by atoms with Gasteiger partial charge in [-0.2, -0.15) is 0 Å². The van der Waals surface area contributed by atoms with Crippen molar-refractivity contribution in [3.8, 4) is 11.8 Å². The number of hydrogen-bond donors (Lipinski definition) is 0. The standard InChI is InChI=1S/C9H12O2/c1-3-5-6-9(10)8-11-7-4-2/h4H,2-3,7-8H2,1H3. The highest BCUT2D eigenvalue weighted by molar-refractivity contribution is 5.96. The maximum Gasteiger partial charge on any atom is 0.231 e. The number of hydrogen-bond acceptors (Lipinski definition) is 2. The van der Waals surface area contributed by atoms with Gasteiger partial charge in [0, 0.05) is 6.42 Å². The molecular formula is C9H12O2. The van der Waals surface area contributed by atoms with Crippen LogP contribution in [-0.2, 0) is 9.53 Å². The fourth-order valence-corrected chi connectivity index (χ4v) is 0.458. The SMILES string of the molecule is C=CCOCC(=O)C#CCC. The van der Waals surface area contributed by atoms with Gasteiger partial charge in [-0.1, -0.05) is 18.9 Å². The Labute approximate surface area is 67.2 Å². The Kier molecular flexibility index (Phi) is 6.36. The highest BCUT2D eigenvalue weighted by Crippen LogP contribution is 1.77. The Morgan fingerprint density at radius 3 is 3.00 bits per heavy atom. The van der Waals surface area contributed by atoms with E-state index in [1.807, 2.05) is 6.92 Å². The van der Waals surface area contributed by atoms with Crippen molar-refractivity contribution in [2.75, 3.05) is 13.2 Å². The molecule has 0 aliphatic heterocycles. The van der Waals surface area contributed by atoms with E-state index in [0.717, 1.165) is 0 Å². The van der Waals surface area contributed by atoms with Gasteiger partial charge >= 0.3 is 0 Å². The summed E-state index contributed by atoms with van der Waals surface area (Å²) < 4.78 is 4.87. The lowest BCUT2D eigenvalue weighted by Crippen LogP contribution is -2.05. The van der Waals surface area contributed by atoms with E-state index in [1.54, 1.807) is 6.08 Å². The van der Waals surface area contributed by atoms with E-state index in [0.29, 0.717) is 13.0 Å². The maximum atomic E-state index is 10.7. The number of carbonyl (C=O) groups is 1. The molecule has 0 fully saturated rings. The van der Waals surface area contributed by atoms with Crippen LogP contribution >= 0.6 is 0 Å². The zero-order chi connectivity index (χ0) is 8.53. The summed E-state index contributed by atoms with van der Waals surface area (Å²) in [7, 11) is 0. The molecule has 0 aliphatic carbocycles. The molecule has 0 heterocycles. The van der Waals surface area contributed by atoms with E-state index >= 15 is 0 Å². The molecule has 0 rings (SSSR count). The predicted octanol–water partition coefficient (Wildman–Crippen LogP) is 1.17. The van der Waals surface area contributed by atoms with Crippen LogP contribution in [0.1, 0.15) is 13.3 Å². The van der Waals surface area contributed by atoms with Crippen molar-refractivity contribution in [3.63, 3.8) is 0 Å². The fourth-order valence-electron chi connectivity index (χ4n) is 0.458. The Morgan fingerprint density at radius 1 is 1.73 bits per heavy atom. The van der Waals surface area contributed by atoms with Crippen molar-refractivity contribution in [1.82, 2.24) is 0 Å². The van der Waals surface area contributed by atoms with Gasteiger partial charge in [0.25, 0.3) is 0 Å². The van der Waals surface area contributed by atoms with Gasteiger partial charge in [-0.25, -0.2) is 0 Å². The maximum absolute atomic E-state index is 10.7. The van der Waals surface area contributed by atoms with Crippen molar-refractivity contribution in [2.24, 2.45) is 0 Å². The second kappa shape index (κ2) is 7.04. The summed E-state index contributed by atoms with van der Waals surface area (Å²) in [4.78, 5) is 10.7. The van der Waals surface area contributed by atoms with Gasteiger partial charge in [0.2, 0.25) is 5.78 Å². The predicted molar refractivity (Wildman–Crippen MR) is 44.1 cm³/mol. The first-order valence-electron chi connectivity index (χ1n) is 3.51. The van der Waals surface area contributed by atoms with Gasteiger partial charge in [0.1, 0.15) is 6.61 Å². The van der Waals surface area contributed by atoms with Crippen LogP contribution in [0.2, 0.25) is 0 Å². The first-order valence-corrected chi connectivity index (χ1v) is 3.51. The van der Waals surface area contributed by atoms with Gasteiger partial charge in [-0.15, -0.1) is 6.58 Å². The van der Waals surface area contributed by atoms with Gasteiger partial charge in [0.05, 0.1) is 6.61 Å². The molecule has 0 saturated heterocycles. The molecule has 0 aromatic heterocycles. The molecule has 0 saturated carbocycles. The Bertz CT molecular complexity index is 183. The number of ketones is 1. The molecule has 0 aromatic rings. The van der Waals surface area contributed by atoms with Crippen LogP contribution in [0, 0.1) is 11.8 Å². The monoisotopic (exact) mass is 152 g/mol. The number of rotatable bonds is 4. The normalized spacial score (nSPS) is 8.09. The average Bonchev–Trinajstić information content (AvgIpc) is 2.01. The molecule has 0 radical (unpaired) electrons. The molecule has 0 N–H and O–H groups in total. The van der Waals surface area contributed by atoms with Crippen LogP contribution in [0.4, 0.5) is 0 Å². The Morgan fingerprint density at radius 2 is 2.45 bits per heavy atom. The highest BCUT2D eigenvalue weighted by atomic mass is 16.5. The lowest BCUT2D eigenvalue weighted by molar-refractivity contribution is -0.117. The van der Waals surface area contributed by atoms with Crippen LogP contribution in [0.25, 0.3) is 0 Å². The fraction of sp³-hybridized carbons (Fsp3) is 0.444. The van der Waals surface area contributed by atoms with Crippen molar-refractivity contribution in [1.29, 1.82) is 0 Å². The van der Waals surface area contributed by atoms with E-state index in [2.05, 4.69) is 18.4 Å². The minimum atomic E-state index is -0.172. The van der Waals surface area contributed by atoms with Crippen LogP contribution in [0.5, 0.6) is 0 Å². The molecule has 0 amide bonds. The zero-order valence-corrected chi connectivity index (χ0v) is 6.72. The zero-order valence-electron chi connectivity index (χ0n) is 6.72. The Balaban J connectivity index is 3.44. The number of Topliss-reactive ketones (excluding diaryl/α,β-unsaturated/α-hetero) is 1. The second-order valence-electron chi connectivity index (χ2n) is 1.88. The third kappa shape index (κ3) is 6.82. The summed E-state index contributed by atoms with van der Waals surface area (Å²) in [6, 6.07) is 0. The van der Waals surface area contributed by atoms with Gasteiger partial charge in [-0.05, 0) is 5.92 Å². The summed E-state index contributed by atoms with van der Waals surface area (Å²) in [5.74, 6) is 4.94. The van der Waals surface area contributed by atoms with Crippen molar-refractivity contribution < 1.29 is 9.53 Å². The first-order chi connectivity index (χ1) is 5.31. The van der Waals surface area contributed by atoms with E-state index in [1.165, 1.54) is 0 Å². The molecule has 0 atom stereocenters. The van der Waals surface area contributed by atoms with Gasteiger partial charge in [0.15, 0.2) is 0 Å². The molecule has 0 aliphatic rings. The number of ether oxygens (including phenoxy) is 1. The second-order valence-corrected chi connectivity index (χ2v) is 1.88. The van der Waals surface area contributed by atoms with Crippen LogP contribution in [0.15, 0.2) is 12.7 Å². The summed E-state index contributed by atoms with van der Waals surface area (Å²) in [5, 5.41) is 0. The van der Waals surface area contributed by atoms with E-state index < -0.39 is 0 Å². The smallest absolute Gasteiger partial charge is 0.231 e. The molecule has 0 aromatic carbocycles. The summed E-state index contributed by atoms with van der Waals surface area (Å²) in [6.07, 6.45) is 2.30. The Hall–Kier alpha value is -1.07. The molecule has 0 spiro atoms. The van der Waals surface area contributed by atoms with Crippen molar-refractivity contribution in [3.05, 3.63) is 12.7 Å². The molecule has 0 bridgehead atoms. The highest BCUT2D eigenvalue weighted by Gasteiger charge is 1.93. The van der Waals surface area contributed by atoms with Crippen LogP contribution in [-0.4, -0.2) is 19.0 Å². The minimum Gasteiger partial charge on any atom is -0.369 e. The molecular weight excluding hydrogens is 140 g/mol. The lowest BCUT2D eigenvalue weighted by atomic mass is 10.4. The average molecular weight is 152 g/mol. The third-order valence-corrected chi connectivity index (χ3v) is 0.873. The van der Waals surface area contributed by atoms with Crippen LogP contribution < -0.4 is 0 Å². The molecule has 0 unspecified atom stereocenters. The summed E-state index contributed by atoms with van der Waals surface area (Å²) in [5.41, 5.74) is 0. The minimum absolute atomic E-state index is 0.0685. The van der Waals surface area contributed by atoms with Crippen LogP contribution in [0.3, 0.4) is 0 Å². The van der Waals surface area contributed by atoms with Gasteiger partial charge < -0.3 is 4.74 Å². The molecule has 2 heteroatoms. The van der Waals surface area contributed by atoms with E-state index in [9.17, 15) is 4.79 Å². The topological polar surface area (TPSA) is 26.3 Å². The molecule has 2 nitrogen and oxygen atoms in total. The van der Waals surface area contributed by atoms with Crippen molar-refractivity contribution >= 4 is 5.78 Å². The lowest BCUT2D eigenvalue weighted by Gasteiger charge is -1.92. The quantitative estimate of drug-likeness (QED) is 0.261. The molecule has 60 valence electrons. The molecule has 11 heavy (non-hydrogen) atoms. The van der Waals surface area contributed by atoms with Crippen molar-refractivity contribution in [2.45, 2.75) is 13.3 Å². The van der Waals surface area contributed by atoms with E-state index in [4.69, 9.17) is 4.74 Å².